The van der Waals surface area contributed by atoms with Crippen molar-refractivity contribution in [2.75, 3.05) is 35.5 Å². The van der Waals surface area contributed by atoms with Crippen molar-refractivity contribution in [2.24, 2.45) is 0 Å². The maximum absolute atomic E-state index is 15.7. The third-order valence-electron chi connectivity index (χ3n) is 6.81. The van der Waals surface area contributed by atoms with Crippen LogP contribution in [-0.4, -0.2) is 31.1 Å². The van der Waals surface area contributed by atoms with Crippen molar-refractivity contribution in [3.63, 3.8) is 0 Å². The molecule has 0 aliphatic carbocycles. The van der Waals surface area contributed by atoms with Gasteiger partial charge in [0.05, 0.1) is 0 Å². The summed E-state index contributed by atoms with van der Waals surface area (Å²) < 4.78 is 21.1. The number of hydrogen-bond donors (Lipinski definition) is 0. The summed E-state index contributed by atoms with van der Waals surface area (Å²) in [5, 5.41) is 0. The number of para-hydroxylation sites is 2. The molecule has 0 amide bonds. The van der Waals surface area contributed by atoms with Crippen LogP contribution in [0.3, 0.4) is 0 Å². The van der Waals surface area contributed by atoms with Gasteiger partial charge in [0, 0.05) is 28.9 Å². The van der Waals surface area contributed by atoms with E-state index >= 15 is 4.57 Å². The number of benzene rings is 3. The van der Waals surface area contributed by atoms with E-state index in [1.165, 1.54) is 12.0 Å². The fourth-order valence-electron chi connectivity index (χ4n) is 5.25. The van der Waals surface area contributed by atoms with Crippen molar-refractivity contribution in [3.05, 3.63) is 94.5 Å². The summed E-state index contributed by atoms with van der Waals surface area (Å²) >= 11 is 3.85. The maximum Gasteiger partial charge on any atom is 0.284 e. The Labute approximate surface area is 205 Å². The Morgan fingerprint density at radius 2 is 1.30 bits per heavy atom. The second-order valence-electron chi connectivity index (χ2n) is 9.00. The Kier molecular flexibility index (Phi) is 6.65. The fraction of sp³-hybridized carbons (Fsp3) is 0.333. The smallest absolute Gasteiger partial charge is 0.284 e. The van der Waals surface area contributed by atoms with Gasteiger partial charge < -0.3 is 9.34 Å². The summed E-state index contributed by atoms with van der Waals surface area (Å²) in [5.74, 6) is -0.212. The molecule has 2 aliphatic heterocycles. The number of halogens is 1. The van der Waals surface area contributed by atoms with Crippen molar-refractivity contribution in [1.29, 1.82) is 0 Å². The molecule has 3 aromatic carbocycles. The van der Waals surface area contributed by atoms with Crippen molar-refractivity contribution in [1.82, 2.24) is 4.90 Å². The zero-order valence-corrected chi connectivity index (χ0v) is 21.6. The predicted octanol–water partition coefficient (Wildman–Crippen LogP) is 7.46. The number of rotatable bonds is 5. The van der Waals surface area contributed by atoms with E-state index in [9.17, 15) is 0 Å². The first-order chi connectivity index (χ1) is 16.1. The summed E-state index contributed by atoms with van der Waals surface area (Å²) in [5.41, 5.74) is 4.39. The second-order valence-corrected chi connectivity index (χ2v) is 12.5. The minimum Gasteiger partial charge on any atom is -0.304 e. The van der Waals surface area contributed by atoms with Crippen LogP contribution in [0.4, 0.5) is 11.4 Å². The number of nitrogens with zero attached hydrogens (tertiary/aromatic N) is 3. The quantitative estimate of drug-likeness (QED) is 0.324. The number of likely N-dealkylation sites (tertiary alicyclic amines) is 1. The Hall–Kier alpha value is -2.07. The SMILES string of the molecule is Cc1ccc(C(N2CCCCC2)P2(=O)N(c3ccccc3)CCN2c2ccccc2)c(Br)c1. The Balaban J connectivity index is 1.71. The van der Waals surface area contributed by atoms with Gasteiger partial charge in [0.15, 0.2) is 0 Å². The summed E-state index contributed by atoms with van der Waals surface area (Å²) in [6, 6.07) is 27.1. The van der Waals surface area contributed by atoms with Crippen molar-refractivity contribution >= 4 is 34.7 Å². The van der Waals surface area contributed by atoms with Gasteiger partial charge in [0.2, 0.25) is 0 Å². The first-order valence-electron chi connectivity index (χ1n) is 11.8. The van der Waals surface area contributed by atoms with E-state index in [1.54, 1.807) is 0 Å². The minimum atomic E-state index is -3.11. The standard InChI is InChI=1S/C27H31BrN3OP/c1-22-15-16-25(26(28)21-22)27(29-17-9-4-10-18-29)33(32)30(23-11-5-2-6-12-23)19-20-31(33)24-13-7-3-8-14-24/h2-3,5-8,11-16,21,27H,4,9-10,17-20H2,1H3. The molecule has 1 unspecified atom stereocenters. The molecule has 2 heterocycles. The lowest BCUT2D eigenvalue weighted by atomic mass is 10.1. The molecule has 2 fully saturated rings. The highest BCUT2D eigenvalue weighted by Crippen LogP contribution is 2.70. The van der Waals surface area contributed by atoms with Crippen LogP contribution in [0, 0.1) is 6.92 Å². The van der Waals surface area contributed by atoms with Crippen LogP contribution in [0.15, 0.2) is 83.3 Å². The van der Waals surface area contributed by atoms with Crippen LogP contribution >= 0.6 is 23.4 Å². The van der Waals surface area contributed by atoms with Gasteiger partial charge in [-0.15, -0.1) is 0 Å². The van der Waals surface area contributed by atoms with E-state index in [1.807, 2.05) is 36.4 Å². The fourth-order valence-corrected chi connectivity index (χ4v) is 9.85. The van der Waals surface area contributed by atoms with Crippen LogP contribution in [0.25, 0.3) is 0 Å². The van der Waals surface area contributed by atoms with Crippen LogP contribution in [-0.2, 0) is 4.57 Å². The third kappa shape index (κ3) is 4.27. The Morgan fingerprint density at radius 1 is 0.758 bits per heavy atom. The molecule has 4 nitrogen and oxygen atoms in total. The lowest BCUT2D eigenvalue weighted by molar-refractivity contribution is 0.206. The number of anilines is 2. The molecule has 0 bridgehead atoms. The average Bonchev–Trinajstić information content (AvgIpc) is 3.20. The normalized spacial score (nSPS) is 19.6. The lowest BCUT2D eigenvalue weighted by Crippen LogP contribution is -2.38. The Bertz CT molecular complexity index is 1080. The molecule has 33 heavy (non-hydrogen) atoms. The van der Waals surface area contributed by atoms with Gasteiger partial charge in [0.1, 0.15) is 5.78 Å². The first-order valence-corrected chi connectivity index (χ1v) is 14.3. The van der Waals surface area contributed by atoms with Gasteiger partial charge >= 0.3 is 0 Å². The summed E-state index contributed by atoms with van der Waals surface area (Å²) in [4.78, 5) is 2.48. The van der Waals surface area contributed by atoms with E-state index in [-0.39, 0.29) is 5.78 Å². The molecule has 0 saturated carbocycles. The maximum atomic E-state index is 15.7. The topological polar surface area (TPSA) is 26.8 Å². The van der Waals surface area contributed by atoms with E-state index in [2.05, 4.69) is 79.6 Å². The molecule has 2 saturated heterocycles. The first kappa shape index (κ1) is 22.7. The van der Waals surface area contributed by atoms with Crippen molar-refractivity contribution in [2.45, 2.75) is 32.0 Å². The zero-order chi connectivity index (χ0) is 22.8. The molecule has 1 atom stereocenters. The summed E-state index contributed by atoms with van der Waals surface area (Å²) in [7, 11) is -3.11. The highest BCUT2D eigenvalue weighted by Gasteiger charge is 2.52. The van der Waals surface area contributed by atoms with Crippen LogP contribution in [0.1, 0.15) is 36.2 Å². The van der Waals surface area contributed by atoms with Gasteiger partial charge in [-0.1, -0.05) is 70.9 Å². The van der Waals surface area contributed by atoms with E-state index in [4.69, 9.17) is 0 Å². The zero-order valence-electron chi connectivity index (χ0n) is 19.1. The monoisotopic (exact) mass is 523 g/mol. The second kappa shape index (κ2) is 9.66. The van der Waals surface area contributed by atoms with E-state index in [0.29, 0.717) is 0 Å². The largest absolute Gasteiger partial charge is 0.304 e. The number of piperidine rings is 1. The number of aryl methyl sites for hydroxylation is 1. The van der Waals surface area contributed by atoms with Crippen LogP contribution < -0.4 is 9.34 Å². The lowest BCUT2D eigenvalue weighted by Gasteiger charge is -2.44. The van der Waals surface area contributed by atoms with E-state index < -0.39 is 7.44 Å². The molecule has 0 radical (unpaired) electrons. The Morgan fingerprint density at radius 3 is 1.82 bits per heavy atom. The third-order valence-corrected chi connectivity index (χ3v) is 11.0. The van der Waals surface area contributed by atoms with Crippen LogP contribution in [0.5, 0.6) is 0 Å². The molecule has 0 spiro atoms. The molecular formula is C27H31BrN3OP. The highest BCUT2D eigenvalue weighted by atomic mass is 79.9. The van der Waals surface area contributed by atoms with Gasteiger partial charge in [-0.2, -0.15) is 0 Å². The highest BCUT2D eigenvalue weighted by molar-refractivity contribution is 9.10. The van der Waals surface area contributed by atoms with Crippen molar-refractivity contribution < 1.29 is 4.57 Å². The predicted molar refractivity (Wildman–Crippen MR) is 142 cm³/mol. The minimum absolute atomic E-state index is 0.212. The summed E-state index contributed by atoms with van der Waals surface area (Å²) in [6.07, 6.45) is 3.54. The molecule has 3 aromatic rings. The van der Waals surface area contributed by atoms with E-state index in [0.717, 1.165) is 60.4 Å². The molecule has 0 aromatic heterocycles. The van der Waals surface area contributed by atoms with Gasteiger partial charge in [-0.05, 0) is 74.3 Å². The molecular weight excluding hydrogens is 493 g/mol. The van der Waals surface area contributed by atoms with Gasteiger partial charge in [0.25, 0.3) is 7.44 Å². The molecule has 172 valence electrons. The van der Waals surface area contributed by atoms with Crippen LogP contribution in [0.2, 0.25) is 0 Å². The average molecular weight is 524 g/mol. The molecule has 5 rings (SSSR count). The number of hydrogen-bond acceptors (Lipinski definition) is 2. The molecule has 6 heteroatoms. The van der Waals surface area contributed by atoms with Gasteiger partial charge in [-0.25, -0.2) is 0 Å². The summed E-state index contributed by atoms with van der Waals surface area (Å²) in [6.45, 7) is 5.53. The molecule has 0 N–H and O–H groups in total. The van der Waals surface area contributed by atoms with Gasteiger partial charge in [-0.3, -0.25) is 9.46 Å². The van der Waals surface area contributed by atoms with Crippen molar-refractivity contribution in [3.8, 4) is 0 Å². The molecule has 2 aliphatic rings.